The number of hydrogen-bond acceptors (Lipinski definition) is 5. The third-order valence-corrected chi connectivity index (χ3v) is 2.75. The molecule has 0 spiro atoms. The van der Waals surface area contributed by atoms with Crippen LogP contribution in [0.5, 0.6) is 0 Å². The maximum absolute atomic E-state index is 13.7. The lowest BCUT2D eigenvalue weighted by molar-refractivity contribution is -0.204. The second kappa shape index (κ2) is 7.37. The van der Waals surface area contributed by atoms with E-state index < -0.39 is 41.5 Å². The van der Waals surface area contributed by atoms with Crippen LogP contribution in [-0.2, 0) is 14.3 Å². The Bertz CT molecular complexity index is 607. The minimum Gasteiger partial charge on any atom is -0.466 e. The molecule has 1 aromatic rings. The third kappa shape index (κ3) is 4.27. The number of halogens is 4. The van der Waals surface area contributed by atoms with Gasteiger partial charge in [0.05, 0.1) is 18.9 Å². The molecule has 1 rings (SSSR count). The van der Waals surface area contributed by atoms with E-state index >= 15 is 0 Å². The number of carbonyl (C=O) groups is 2. The van der Waals surface area contributed by atoms with E-state index in [9.17, 15) is 27.2 Å². The Morgan fingerprint density at radius 2 is 1.75 bits per heavy atom. The van der Waals surface area contributed by atoms with Crippen molar-refractivity contribution < 1.29 is 36.6 Å². The number of amides is 1. The summed E-state index contributed by atoms with van der Waals surface area (Å²) in [6.45, 7) is 2.80. The van der Waals surface area contributed by atoms with Crippen LogP contribution >= 0.6 is 0 Å². The van der Waals surface area contributed by atoms with E-state index in [0.717, 1.165) is 12.1 Å². The van der Waals surface area contributed by atoms with E-state index in [1.807, 2.05) is 0 Å². The van der Waals surface area contributed by atoms with Crippen LogP contribution in [0.1, 0.15) is 13.8 Å². The molecular formula is C14H16F4N2O4. The first-order chi connectivity index (χ1) is 11.0. The highest BCUT2D eigenvalue weighted by Gasteiger charge is 2.64. The van der Waals surface area contributed by atoms with E-state index in [2.05, 4.69) is 9.47 Å². The zero-order valence-electron chi connectivity index (χ0n) is 13.0. The SMILES string of the molecule is COC(=O)[C@@](NC(=O)OC(C)C)(Nc1ccccc1F)C(F)(F)F. The molecule has 6 nitrogen and oxygen atoms in total. The van der Waals surface area contributed by atoms with Crippen molar-refractivity contribution in [3.63, 3.8) is 0 Å². The molecule has 1 atom stereocenters. The molecule has 134 valence electrons. The Labute approximate surface area is 135 Å². The molecule has 0 aliphatic heterocycles. The minimum atomic E-state index is -5.36. The molecule has 0 saturated heterocycles. The zero-order chi connectivity index (χ0) is 18.5. The smallest absolute Gasteiger partial charge is 0.442 e. The molecule has 0 aromatic heterocycles. The number of alkyl carbamates (subject to hydrolysis) is 1. The molecule has 0 radical (unpaired) electrons. The number of hydrogen-bond donors (Lipinski definition) is 2. The minimum absolute atomic E-state index is 0.662. The molecule has 24 heavy (non-hydrogen) atoms. The van der Waals surface area contributed by atoms with E-state index in [-0.39, 0.29) is 0 Å². The summed E-state index contributed by atoms with van der Waals surface area (Å²) in [5.41, 5.74) is -4.39. The van der Waals surface area contributed by atoms with Gasteiger partial charge >= 0.3 is 23.9 Å². The van der Waals surface area contributed by atoms with Gasteiger partial charge in [-0.2, -0.15) is 13.2 Å². The van der Waals surface area contributed by atoms with Crippen molar-refractivity contribution in [2.24, 2.45) is 0 Å². The van der Waals surface area contributed by atoms with Crippen molar-refractivity contribution in [2.75, 3.05) is 12.4 Å². The number of carbonyl (C=O) groups excluding carboxylic acids is 2. The summed E-state index contributed by atoms with van der Waals surface area (Å²) in [5, 5.41) is 3.06. The maximum atomic E-state index is 13.7. The molecule has 0 bridgehead atoms. The van der Waals surface area contributed by atoms with Crippen LogP contribution in [0.15, 0.2) is 24.3 Å². The van der Waals surface area contributed by atoms with Gasteiger partial charge in [0.1, 0.15) is 5.82 Å². The van der Waals surface area contributed by atoms with Gasteiger partial charge in [0, 0.05) is 0 Å². The van der Waals surface area contributed by atoms with Gasteiger partial charge in [0.25, 0.3) is 0 Å². The first-order valence-corrected chi connectivity index (χ1v) is 6.70. The van der Waals surface area contributed by atoms with Crippen molar-refractivity contribution in [3.8, 4) is 0 Å². The van der Waals surface area contributed by atoms with Crippen LogP contribution < -0.4 is 10.6 Å². The quantitative estimate of drug-likeness (QED) is 0.484. The van der Waals surface area contributed by atoms with Crippen LogP contribution in [0.25, 0.3) is 0 Å². The van der Waals surface area contributed by atoms with Crippen molar-refractivity contribution in [3.05, 3.63) is 30.1 Å². The molecule has 0 aliphatic rings. The van der Waals surface area contributed by atoms with Crippen LogP contribution in [0, 0.1) is 5.82 Å². The predicted octanol–water partition coefficient (Wildman–Crippen LogP) is 2.80. The summed E-state index contributed by atoms with van der Waals surface area (Å²) >= 11 is 0. The lowest BCUT2D eigenvalue weighted by Gasteiger charge is -2.34. The summed E-state index contributed by atoms with van der Waals surface area (Å²) in [6, 6.07) is 4.34. The van der Waals surface area contributed by atoms with E-state index in [4.69, 9.17) is 0 Å². The number of esters is 1. The fraction of sp³-hybridized carbons (Fsp3) is 0.429. The van der Waals surface area contributed by atoms with Gasteiger partial charge in [-0.15, -0.1) is 0 Å². The molecule has 0 unspecified atom stereocenters. The number of alkyl halides is 3. The number of para-hydroxylation sites is 1. The topological polar surface area (TPSA) is 76.7 Å². The zero-order valence-corrected chi connectivity index (χ0v) is 13.0. The van der Waals surface area contributed by atoms with E-state index in [1.54, 1.807) is 5.32 Å². The standard InChI is InChI=1S/C14H16F4N2O4/c1-8(2)24-12(22)20-13(11(21)23-3,14(16,17)18)19-10-7-5-4-6-9(10)15/h4-8,19H,1-3H3,(H,20,22)/t13-/m0/s1. The van der Waals surface area contributed by atoms with Gasteiger partial charge in [0.2, 0.25) is 0 Å². The summed E-state index contributed by atoms with van der Waals surface area (Å²) < 4.78 is 63.1. The Morgan fingerprint density at radius 3 is 2.21 bits per heavy atom. The second-order valence-corrected chi connectivity index (χ2v) is 4.92. The van der Waals surface area contributed by atoms with Gasteiger partial charge in [0.15, 0.2) is 0 Å². The van der Waals surface area contributed by atoms with Crippen LogP contribution in [0.2, 0.25) is 0 Å². The number of methoxy groups -OCH3 is 1. The molecule has 10 heteroatoms. The molecule has 0 saturated carbocycles. The summed E-state index contributed by atoms with van der Waals surface area (Å²) in [4.78, 5) is 23.5. The van der Waals surface area contributed by atoms with Gasteiger partial charge in [-0.25, -0.2) is 14.0 Å². The Kier molecular flexibility index (Phi) is 5.99. The second-order valence-electron chi connectivity index (χ2n) is 4.92. The number of benzene rings is 1. The lowest BCUT2D eigenvalue weighted by atomic mass is 10.1. The number of rotatable bonds is 5. The summed E-state index contributed by atoms with van der Waals surface area (Å²) in [7, 11) is 0.696. The highest BCUT2D eigenvalue weighted by molar-refractivity contribution is 5.89. The molecular weight excluding hydrogens is 336 g/mol. The highest BCUT2D eigenvalue weighted by Crippen LogP contribution is 2.33. The van der Waals surface area contributed by atoms with Crippen LogP contribution in [0.3, 0.4) is 0 Å². The Hall–Kier alpha value is -2.52. The van der Waals surface area contributed by atoms with Crippen LogP contribution in [-0.4, -0.2) is 37.1 Å². The molecule has 0 heterocycles. The predicted molar refractivity (Wildman–Crippen MR) is 75.6 cm³/mol. The largest absolute Gasteiger partial charge is 0.466 e. The summed E-state index contributed by atoms with van der Waals surface area (Å²) in [5.74, 6) is -2.95. The van der Waals surface area contributed by atoms with E-state index in [0.29, 0.717) is 7.11 Å². The van der Waals surface area contributed by atoms with Gasteiger partial charge in [-0.05, 0) is 26.0 Å². The maximum Gasteiger partial charge on any atom is 0.442 e. The van der Waals surface area contributed by atoms with Gasteiger partial charge in [-0.3, -0.25) is 5.32 Å². The fourth-order valence-corrected chi connectivity index (χ4v) is 1.71. The first kappa shape index (κ1) is 19.5. The first-order valence-electron chi connectivity index (χ1n) is 6.70. The number of nitrogens with one attached hydrogen (secondary N) is 2. The Morgan fingerprint density at radius 1 is 1.17 bits per heavy atom. The molecule has 2 N–H and O–H groups in total. The van der Waals surface area contributed by atoms with Gasteiger partial charge < -0.3 is 14.8 Å². The van der Waals surface area contributed by atoms with Crippen molar-refractivity contribution in [2.45, 2.75) is 31.8 Å². The van der Waals surface area contributed by atoms with Crippen molar-refractivity contribution in [1.82, 2.24) is 5.32 Å². The number of ether oxygens (including phenoxy) is 2. The fourth-order valence-electron chi connectivity index (χ4n) is 1.71. The average Bonchev–Trinajstić information content (AvgIpc) is 2.45. The molecule has 1 aromatic carbocycles. The third-order valence-electron chi connectivity index (χ3n) is 2.75. The number of anilines is 1. The highest BCUT2D eigenvalue weighted by atomic mass is 19.4. The lowest BCUT2D eigenvalue weighted by Crippen LogP contribution is -2.69. The van der Waals surface area contributed by atoms with Crippen molar-refractivity contribution >= 4 is 17.7 Å². The summed E-state index contributed by atoms with van der Waals surface area (Å²) in [6.07, 6.45) is -7.64. The normalized spacial score (nSPS) is 13.8. The molecule has 0 aliphatic carbocycles. The monoisotopic (exact) mass is 352 g/mol. The van der Waals surface area contributed by atoms with Crippen molar-refractivity contribution in [1.29, 1.82) is 0 Å². The van der Waals surface area contributed by atoms with Crippen LogP contribution in [0.4, 0.5) is 28.0 Å². The molecule has 1 amide bonds. The van der Waals surface area contributed by atoms with Gasteiger partial charge in [-0.1, -0.05) is 12.1 Å². The van der Waals surface area contributed by atoms with E-state index in [1.165, 1.54) is 31.3 Å². The Balaban J connectivity index is 3.34. The molecule has 0 fully saturated rings. The average molecular weight is 352 g/mol.